The fourth-order valence-corrected chi connectivity index (χ4v) is 5.73. The quantitative estimate of drug-likeness (QED) is 0.125. The molecule has 1 amide bonds. The van der Waals surface area contributed by atoms with E-state index in [1.807, 2.05) is 103 Å². The number of pyridine rings is 1. The number of aromatic nitrogens is 2. The molecule has 0 bridgehead atoms. The molecule has 1 unspecified atom stereocenters. The fraction of sp³-hybridized carbons (Fsp3) is 0.194. The summed E-state index contributed by atoms with van der Waals surface area (Å²) in [5, 5.41) is 11.8. The number of rotatable bonds is 9. The number of methoxy groups -OCH3 is 1. The van der Waals surface area contributed by atoms with E-state index in [1.54, 1.807) is 19.2 Å². The summed E-state index contributed by atoms with van der Waals surface area (Å²) in [5.74, 6) is -0.760. The molecule has 6 rings (SSSR count). The summed E-state index contributed by atoms with van der Waals surface area (Å²) in [6, 6.07) is 27.9. The van der Waals surface area contributed by atoms with E-state index in [0.29, 0.717) is 41.4 Å². The molecule has 222 valence electrons. The average Bonchev–Trinajstić information content (AvgIpc) is 3.53. The van der Waals surface area contributed by atoms with Crippen molar-refractivity contribution in [3.63, 3.8) is 0 Å². The number of benzene rings is 3. The lowest BCUT2D eigenvalue weighted by Gasteiger charge is -2.26. The molecule has 0 radical (unpaired) electrons. The maximum Gasteiger partial charge on any atom is 0.295 e. The summed E-state index contributed by atoms with van der Waals surface area (Å²) < 4.78 is 13.6. The molecule has 5 aromatic rings. The summed E-state index contributed by atoms with van der Waals surface area (Å²) in [6.45, 7) is 4.38. The Hall–Kier alpha value is -5.37. The second-order valence-electron chi connectivity index (χ2n) is 10.8. The van der Waals surface area contributed by atoms with Gasteiger partial charge in [-0.05, 0) is 60.7 Å². The van der Waals surface area contributed by atoms with Crippen molar-refractivity contribution in [3.8, 4) is 11.5 Å². The molecule has 1 saturated heterocycles. The van der Waals surface area contributed by atoms with Gasteiger partial charge in [-0.3, -0.25) is 9.59 Å². The number of ether oxygens (including phenoxy) is 2. The van der Waals surface area contributed by atoms with Crippen molar-refractivity contribution in [1.29, 1.82) is 0 Å². The molecule has 1 fully saturated rings. The van der Waals surface area contributed by atoms with Gasteiger partial charge < -0.3 is 23.9 Å². The summed E-state index contributed by atoms with van der Waals surface area (Å²) in [7, 11) is 1.54. The van der Waals surface area contributed by atoms with Crippen molar-refractivity contribution in [2.45, 2.75) is 32.9 Å². The number of aliphatic hydroxyl groups is 1. The minimum absolute atomic E-state index is 0.00720. The first kappa shape index (κ1) is 28.7. The van der Waals surface area contributed by atoms with Gasteiger partial charge in [0, 0.05) is 12.7 Å². The summed E-state index contributed by atoms with van der Waals surface area (Å²) >= 11 is 0. The Bertz CT molecular complexity index is 1880. The highest BCUT2D eigenvalue weighted by molar-refractivity contribution is 6.46. The van der Waals surface area contributed by atoms with Gasteiger partial charge in [-0.25, -0.2) is 4.98 Å². The van der Waals surface area contributed by atoms with Crippen molar-refractivity contribution in [3.05, 3.63) is 136 Å². The van der Waals surface area contributed by atoms with E-state index in [0.717, 1.165) is 16.7 Å². The summed E-state index contributed by atoms with van der Waals surface area (Å²) in [6.07, 6.45) is 2.39. The van der Waals surface area contributed by atoms with Crippen LogP contribution < -0.4 is 9.47 Å². The molecule has 3 aromatic carbocycles. The van der Waals surface area contributed by atoms with Crippen LogP contribution in [0.15, 0.2) is 103 Å². The lowest BCUT2D eigenvalue weighted by molar-refractivity contribution is -0.139. The van der Waals surface area contributed by atoms with Crippen LogP contribution in [0.5, 0.6) is 11.5 Å². The Balaban J connectivity index is 1.44. The first-order valence-corrected chi connectivity index (χ1v) is 14.5. The predicted molar refractivity (Wildman–Crippen MR) is 168 cm³/mol. The van der Waals surface area contributed by atoms with Crippen LogP contribution in [-0.2, 0) is 22.6 Å². The highest BCUT2D eigenvalue weighted by atomic mass is 16.5. The van der Waals surface area contributed by atoms with Gasteiger partial charge >= 0.3 is 0 Å². The minimum Gasteiger partial charge on any atom is -0.505 e. The second kappa shape index (κ2) is 12.1. The van der Waals surface area contributed by atoms with Crippen molar-refractivity contribution >= 4 is 23.1 Å². The Labute approximate surface area is 255 Å². The normalized spacial score (nSPS) is 16.1. The number of nitrogens with zero attached hydrogens (tertiary/aromatic N) is 3. The number of hydrogen-bond acceptors (Lipinski definition) is 6. The molecule has 1 atom stereocenters. The zero-order valence-corrected chi connectivity index (χ0v) is 24.9. The van der Waals surface area contributed by atoms with Crippen LogP contribution >= 0.6 is 0 Å². The number of ketones is 1. The van der Waals surface area contributed by atoms with E-state index in [1.165, 1.54) is 4.90 Å². The third kappa shape index (κ3) is 5.30. The average molecular weight is 588 g/mol. The Morgan fingerprint density at radius 2 is 1.59 bits per heavy atom. The van der Waals surface area contributed by atoms with E-state index in [-0.39, 0.29) is 23.6 Å². The first-order chi connectivity index (χ1) is 21.4. The van der Waals surface area contributed by atoms with Crippen molar-refractivity contribution < 1.29 is 24.2 Å². The van der Waals surface area contributed by atoms with Crippen LogP contribution in [0.3, 0.4) is 0 Å². The zero-order chi connectivity index (χ0) is 30.8. The molecule has 0 spiro atoms. The van der Waals surface area contributed by atoms with Gasteiger partial charge in [0.15, 0.2) is 17.3 Å². The third-order valence-corrected chi connectivity index (χ3v) is 8.07. The van der Waals surface area contributed by atoms with Gasteiger partial charge in [-0.2, -0.15) is 0 Å². The molecule has 0 aliphatic carbocycles. The lowest BCUT2D eigenvalue weighted by Crippen LogP contribution is -2.31. The summed E-state index contributed by atoms with van der Waals surface area (Å²) in [5.41, 5.74) is 5.16. The number of carbonyl (C=O) groups is 2. The number of amides is 1. The van der Waals surface area contributed by atoms with Crippen LogP contribution in [0, 0.1) is 13.8 Å². The number of fused-ring (bicyclic) bond motifs is 1. The number of aryl methyl sites for hydroxylation is 2. The van der Waals surface area contributed by atoms with Gasteiger partial charge in [0.1, 0.15) is 17.9 Å². The zero-order valence-electron chi connectivity index (χ0n) is 24.9. The smallest absolute Gasteiger partial charge is 0.295 e. The molecule has 1 N–H and O–H groups in total. The van der Waals surface area contributed by atoms with Gasteiger partial charge in [0.2, 0.25) is 0 Å². The van der Waals surface area contributed by atoms with Crippen molar-refractivity contribution in [1.82, 2.24) is 14.3 Å². The third-order valence-electron chi connectivity index (χ3n) is 8.07. The van der Waals surface area contributed by atoms with Gasteiger partial charge in [-0.15, -0.1) is 0 Å². The highest BCUT2D eigenvalue weighted by Gasteiger charge is 2.46. The Kier molecular flexibility index (Phi) is 7.89. The van der Waals surface area contributed by atoms with E-state index < -0.39 is 17.7 Å². The van der Waals surface area contributed by atoms with Crippen LogP contribution in [0.2, 0.25) is 0 Å². The number of hydrogen-bond donors (Lipinski definition) is 1. The SMILES string of the molecule is COc1cc(C2/C(=C(\O)c3nc4c(C)cccn4c3C)C(=O)C(=O)N2CCc2ccccc2)ccc1OCc1ccccc1. The van der Waals surface area contributed by atoms with Crippen LogP contribution in [0.4, 0.5) is 0 Å². The van der Waals surface area contributed by atoms with Crippen molar-refractivity contribution in [2.75, 3.05) is 13.7 Å². The molecule has 1 aliphatic rings. The van der Waals surface area contributed by atoms with E-state index in [4.69, 9.17) is 14.5 Å². The number of imidazole rings is 1. The topological polar surface area (TPSA) is 93.4 Å². The molecule has 2 aromatic heterocycles. The highest BCUT2D eigenvalue weighted by Crippen LogP contribution is 2.42. The second-order valence-corrected chi connectivity index (χ2v) is 10.8. The molecule has 44 heavy (non-hydrogen) atoms. The largest absolute Gasteiger partial charge is 0.505 e. The van der Waals surface area contributed by atoms with Gasteiger partial charge in [0.05, 0.1) is 24.4 Å². The number of carbonyl (C=O) groups excluding carboxylic acids is 2. The predicted octanol–water partition coefficient (Wildman–Crippen LogP) is 6.20. The maximum absolute atomic E-state index is 13.7. The van der Waals surface area contributed by atoms with Crippen LogP contribution in [0.25, 0.3) is 11.4 Å². The molecule has 1 aliphatic heterocycles. The fourth-order valence-electron chi connectivity index (χ4n) is 5.73. The molecular formula is C36H33N3O5. The number of aliphatic hydroxyl groups excluding tert-OH is 1. The van der Waals surface area contributed by atoms with Crippen LogP contribution in [-0.4, -0.2) is 44.7 Å². The minimum atomic E-state index is -0.860. The van der Waals surface area contributed by atoms with Crippen LogP contribution in [0.1, 0.15) is 39.7 Å². The number of Topliss-reactive ketones (excluding diaryl/α,β-unsaturated/α-hetero) is 1. The molecular weight excluding hydrogens is 554 g/mol. The van der Waals surface area contributed by atoms with E-state index in [9.17, 15) is 14.7 Å². The molecule has 8 nitrogen and oxygen atoms in total. The van der Waals surface area contributed by atoms with Gasteiger partial charge in [0.25, 0.3) is 11.7 Å². The van der Waals surface area contributed by atoms with Crippen molar-refractivity contribution in [2.24, 2.45) is 0 Å². The molecule has 8 heteroatoms. The standard InChI is InChI=1S/C36H33N3O5/c1-23-11-10-19-38-24(2)31(37-35(23)38)33(40)30-32(39(36(42)34(30)41)20-18-25-12-6-4-7-13-25)27-16-17-28(29(21-27)43-3)44-22-26-14-8-5-9-15-26/h4-17,19,21,32,40H,18,20,22H2,1-3H3/b33-30+. The lowest BCUT2D eigenvalue weighted by atomic mass is 9.95. The molecule has 3 heterocycles. The Morgan fingerprint density at radius 1 is 0.886 bits per heavy atom. The molecule has 0 saturated carbocycles. The number of likely N-dealkylation sites (tertiary alicyclic amines) is 1. The Morgan fingerprint density at radius 3 is 2.27 bits per heavy atom. The first-order valence-electron chi connectivity index (χ1n) is 14.5. The van der Waals surface area contributed by atoms with E-state index >= 15 is 0 Å². The summed E-state index contributed by atoms with van der Waals surface area (Å²) in [4.78, 5) is 33.5. The maximum atomic E-state index is 13.7. The van der Waals surface area contributed by atoms with E-state index in [2.05, 4.69) is 0 Å². The van der Waals surface area contributed by atoms with Gasteiger partial charge in [-0.1, -0.05) is 72.8 Å². The monoisotopic (exact) mass is 587 g/mol.